The van der Waals surface area contributed by atoms with Crippen LogP contribution in [0.1, 0.15) is 90.0 Å². The van der Waals surface area contributed by atoms with Gasteiger partial charge in [0.15, 0.2) is 0 Å². The molecular formula is C44H47ClFN7O6. The zero-order valence-electron chi connectivity index (χ0n) is 33.5. The molecule has 0 bridgehead atoms. The van der Waals surface area contributed by atoms with Crippen LogP contribution in [0.25, 0.3) is 0 Å². The van der Waals surface area contributed by atoms with Crippen molar-refractivity contribution in [3.05, 3.63) is 87.7 Å². The highest BCUT2D eigenvalue weighted by Crippen LogP contribution is 2.55. The first-order valence-electron chi connectivity index (χ1n) is 20.1. The maximum atomic E-state index is 15.6. The first-order chi connectivity index (χ1) is 28.1. The van der Waals surface area contributed by atoms with E-state index in [4.69, 9.17) is 16.3 Å². The lowest BCUT2D eigenvalue weighted by molar-refractivity contribution is -0.164. The number of rotatable bonds is 8. The molecule has 5 amide bonds. The molecule has 5 aliphatic rings. The zero-order chi connectivity index (χ0) is 42.0. The number of nitrogens with zero attached hydrogens (tertiary/aromatic N) is 5. The van der Waals surface area contributed by atoms with E-state index in [0.29, 0.717) is 35.5 Å². The highest BCUT2D eigenvalue weighted by atomic mass is 35.5. The minimum atomic E-state index is -0.998. The summed E-state index contributed by atoms with van der Waals surface area (Å²) in [4.78, 5) is 71.9. The van der Waals surface area contributed by atoms with Gasteiger partial charge in [-0.05, 0) is 67.8 Å². The second-order valence-corrected chi connectivity index (χ2v) is 17.8. The van der Waals surface area contributed by atoms with Gasteiger partial charge in [-0.2, -0.15) is 5.26 Å². The van der Waals surface area contributed by atoms with Gasteiger partial charge >= 0.3 is 0 Å². The van der Waals surface area contributed by atoms with Crippen LogP contribution in [0.15, 0.2) is 54.6 Å². The molecule has 59 heavy (non-hydrogen) atoms. The number of halogens is 2. The predicted molar refractivity (Wildman–Crippen MR) is 218 cm³/mol. The van der Waals surface area contributed by atoms with E-state index < -0.39 is 52.2 Å². The maximum absolute atomic E-state index is 15.6. The number of anilines is 2. The van der Waals surface area contributed by atoms with Crippen molar-refractivity contribution in [2.75, 3.05) is 49.1 Å². The number of carbonyl (C=O) groups excluding carboxylic acids is 5. The van der Waals surface area contributed by atoms with E-state index in [1.54, 1.807) is 36.4 Å². The molecule has 4 fully saturated rings. The molecule has 8 rings (SSSR count). The third kappa shape index (κ3) is 7.18. The van der Waals surface area contributed by atoms with Gasteiger partial charge in [-0.3, -0.25) is 39.1 Å². The topological polar surface area (TPSA) is 155 Å². The van der Waals surface area contributed by atoms with Crippen LogP contribution in [-0.4, -0.2) is 103 Å². The van der Waals surface area contributed by atoms with Crippen LogP contribution in [0.3, 0.4) is 0 Å². The van der Waals surface area contributed by atoms with Gasteiger partial charge in [0.1, 0.15) is 29.8 Å². The van der Waals surface area contributed by atoms with Crippen LogP contribution in [0.4, 0.5) is 15.8 Å². The van der Waals surface area contributed by atoms with E-state index >= 15 is 4.39 Å². The Morgan fingerprint density at radius 1 is 0.847 bits per heavy atom. The molecule has 3 aromatic carbocycles. The lowest BCUT2D eigenvalue weighted by atomic mass is 9.49. The molecule has 1 aliphatic carbocycles. The average Bonchev–Trinajstić information content (AvgIpc) is 3.46. The number of piperazine rings is 1. The number of piperidine rings is 2. The van der Waals surface area contributed by atoms with Crippen molar-refractivity contribution in [2.45, 2.75) is 77.6 Å². The first-order valence-corrected chi connectivity index (χ1v) is 20.5. The van der Waals surface area contributed by atoms with E-state index in [2.05, 4.69) is 25.3 Å². The van der Waals surface area contributed by atoms with E-state index in [-0.39, 0.29) is 41.7 Å². The molecule has 1 saturated carbocycles. The van der Waals surface area contributed by atoms with Crippen LogP contribution >= 0.6 is 11.6 Å². The van der Waals surface area contributed by atoms with Gasteiger partial charge < -0.3 is 19.9 Å². The Labute approximate surface area is 347 Å². The molecule has 0 radical (unpaired) electrons. The molecule has 15 heteroatoms. The van der Waals surface area contributed by atoms with Crippen molar-refractivity contribution in [1.82, 2.24) is 20.4 Å². The standard InChI is InChI=1S/C44H47ClFN7O6/c1-43(2)41(44(3,4)42(43)59-29-8-5-25(24-47)33(45)23-29)49-37(55)31-10-7-28(22-34(31)46)52-19-17-51(18-20-52)26-13-15-50(16-14-26)27-6-9-30-32(21-27)40(58)53(39(30)57)35-11-12-36(54)48-38(35)56/h5-10,21-23,26,35,41-42H,11-20H2,1-4H3,(H,49,55)(H,48,54,56). The number of imide groups is 2. The molecule has 2 N–H and O–H groups in total. The molecule has 308 valence electrons. The number of amides is 5. The van der Waals surface area contributed by atoms with Crippen molar-refractivity contribution in [2.24, 2.45) is 10.8 Å². The summed E-state index contributed by atoms with van der Waals surface area (Å²) in [6, 6.07) is 16.1. The van der Waals surface area contributed by atoms with Crippen LogP contribution in [0, 0.1) is 28.0 Å². The number of nitrogens with one attached hydrogen (secondary N) is 2. The van der Waals surface area contributed by atoms with Crippen LogP contribution < -0.4 is 25.2 Å². The van der Waals surface area contributed by atoms with Gasteiger partial charge in [0, 0.05) is 86.0 Å². The summed E-state index contributed by atoms with van der Waals surface area (Å²) < 4.78 is 22.0. The molecule has 13 nitrogen and oxygen atoms in total. The molecule has 3 aromatic rings. The second kappa shape index (κ2) is 15.3. The van der Waals surface area contributed by atoms with Crippen molar-refractivity contribution in [1.29, 1.82) is 5.26 Å². The van der Waals surface area contributed by atoms with Crippen LogP contribution in [-0.2, 0) is 9.59 Å². The Balaban J connectivity index is 0.827. The number of benzene rings is 3. The molecule has 3 saturated heterocycles. The van der Waals surface area contributed by atoms with Gasteiger partial charge in [-0.1, -0.05) is 39.3 Å². The third-order valence-corrected chi connectivity index (χ3v) is 13.4. The normalized spacial score (nSPS) is 24.3. The fourth-order valence-corrected chi connectivity index (χ4v) is 10.4. The molecule has 4 heterocycles. The largest absolute Gasteiger partial charge is 0.489 e. The maximum Gasteiger partial charge on any atom is 0.262 e. The summed E-state index contributed by atoms with van der Waals surface area (Å²) in [5.74, 6) is -2.59. The fraction of sp³-hybridized carbons (Fsp3) is 0.455. The Morgan fingerprint density at radius 2 is 1.49 bits per heavy atom. The van der Waals surface area contributed by atoms with Crippen molar-refractivity contribution >= 4 is 52.5 Å². The number of nitriles is 1. The van der Waals surface area contributed by atoms with E-state index in [1.165, 1.54) is 6.07 Å². The van der Waals surface area contributed by atoms with E-state index in [0.717, 1.165) is 55.3 Å². The van der Waals surface area contributed by atoms with Gasteiger partial charge in [-0.15, -0.1) is 0 Å². The first kappa shape index (κ1) is 40.3. The number of carbonyl (C=O) groups is 5. The van der Waals surface area contributed by atoms with E-state index in [9.17, 15) is 29.2 Å². The quantitative estimate of drug-likeness (QED) is 0.292. The Hall–Kier alpha value is -5.52. The van der Waals surface area contributed by atoms with Crippen molar-refractivity contribution in [3.8, 4) is 11.8 Å². The molecule has 0 spiro atoms. The lowest BCUT2D eigenvalue weighted by Crippen LogP contribution is -2.74. The van der Waals surface area contributed by atoms with Gasteiger partial charge in [0.05, 0.1) is 27.3 Å². The van der Waals surface area contributed by atoms with Gasteiger partial charge in [0.2, 0.25) is 11.8 Å². The molecule has 1 unspecified atom stereocenters. The summed E-state index contributed by atoms with van der Waals surface area (Å²) in [6.45, 7) is 12.6. The highest BCUT2D eigenvalue weighted by Gasteiger charge is 2.64. The van der Waals surface area contributed by atoms with Crippen molar-refractivity contribution in [3.63, 3.8) is 0 Å². The summed E-state index contributed by atoms with van der Waals surface area (Å²) in [5.41, 5.74) is 1.50. The minimum absolute atomic E-state index is 0.0139. The average molecular weight is 824 g/mol. The number of ether oxygens (including phenoxy) is 1. The Morgan fingerprint density at radius 3 is 2.14 bits per heavy atom. The summed E-state index contributed by atoms with van der Waals surface area (Å²) in [6.07, 6.45) is 1.73. The number of fused-ring (bicyclic) bond motifs is 1. The van der Waals surface area contributed by atoms with E-state index in [1.807, 2.05) is 45.9 Å². The Bertz CT molecular complexity index is 2280. The monoisotopic (exact) mass is 823 g/mol. The molecule has 4 aliphatic heterocycles. The smallest absolute Gasteiger partial charge is 0.262 e. The minimum Gasteiger partial charge on any atom is -0.489 e. The Kier molecular flexibility index (Phi) is 10.4. The van der Waals surface area contributed by atoms with Crippen LogP contribution in [0.5, 0.6) is 5.75 Å². The van der Waals surface area contributed by atoms with Gasteiger partial charge in [-0.25, -0.2) is 4.39 Å². The summed E-state index contributed by atoms with van der Waals surface area (Å²) in [7, 11) is 0. The molecular weight excluding hydrogens is 777 g/mol. The van der Waals surface area contributed by atoms with Crippen molar-refractivity contribution < 1.29 is 33.1 Å². The molecule has 0 aromatic heterocycles. The highest BCUT2D eigenvalue weighted by molar-refractivity contribution is 6.31. The number of hydrogen-bond acceptors (Lipinski definition) is 10. The zero-order valence-corrected chi connectivity index (χ0v) is 34.3. The number of hydrogen-bond donors (Lipinski definition) is 2. The SMILES string of the molecule is CC1(C)C(NC(=O)c2ccc(N3CCN(C4CCN(c5ccc6c(c5)C(=O)N(C5CCC(=O)NC5=O)C6=O)CC4)CC3)cc2F)C(C)(C)C1Oc1ccc(C#N)c(Cl)c1. The summed E-state index contributed by atoms with van der Waals surface area (Å²) >= 11 is 6.23. The van der Waals surface area contributed by atoms with Gasteiger partial charge in [0.25, 0.3) is 17.7 Å². The summed E-state index contributed by atoms with van der Waals surface area (Å²) in [5, 5.41) is 14.8. The fourth-order valence-electron chi connectivity index (χ4n) is 10.2. The second-order valence-electron chi connectivity index (χ2n) is 17.4. The molecule has 1 atom stereocenters. The lowest BCUT2D eigenvalue weighted by Gasteiger charge is -2.63. The predicted octanol–water partition coefficient (Wildman–Crippen LogP) is 5.15. The third-order valence-electron chi connectivity index (χ3n) is 13.1. The van der Waals surface area contributed by atoms with Crippen LogP contribution in [0.2, 0.25) is 5.02 Å².